The number of amidine groups is 1. The van der Waals surface area contributed by atoms with E-state index in [0.29, 0.717) is 33.9 Å². The zero-order valence-corrected chi connectivity index (χ0v) is 22.8. The fourth-order valence-corrected chi connectivity index (χ4v) is 7.71. The van der Waals surface area contributed by atoms with Crippen LogP contribution in [0.4, 0.5) is 5.69 Å². The topological polar surface area (TPSA) is 66.2 Å². The molecule has 7 nitrogen and oxygen atoms in total. The molecule has 0 N–H and O–H groups in total. The Kier molecular flexibility index (Phi) is 6.83. The van der Waals surface area contributed by atoms with Crippen molar-refractivity contribution in [2.75, 3.05) is 51.3 Å². The quantitative estimate of drug-likeness (QED) is 0.582. The number of carbonyl (C=O) groups excluding carboxylic acids is 1. The second kappa shape index (κ2) is 10.1. The summed E-state index contributed by atoms with van der Waals surface area (Å²) >= 11 is 6.41. The molecule has 2 saturated heterocycles. The van der Waals surface area contributed by atoms with Gasteiger partial charge in [0, 0.05) is 51.6 Å². The van der Waals surface area contributed by atoms with Gasteiger partial charge in [0.2, 0.25) is 5.91 Å². The van der Waals surface area contributed by atoms with E-state index in [1.165, 1.54) is 31.5 Å². The number of hydrazone groups is 1. The van der Waals surface area contributed by atoms with Gasteiger partial charge in [-0.3, -0.25) is 9.80 Å². The molecule has 2 aliphatic carbocycles. The lowest BCUT2D eigenvalue weighted by Gasteiger charge is -2.53. The molecule has 3 heterocycles. The van der Waals surface area contributed by atoms with Crippen molar-refractivity contribution in [3.63, 3.8) is 0 Å². The van der Waals surface area contributed by atoms with Crippen LogP contribution in [0, 0.1) is 28.6 Å². The summed E-state index contributed by atoms with van der Waals surface area (Å²) < 4.78 is 0. The highest BCUT2D eigenvalue weighted by atomic mass is 35.5. The van der Waals surface area contributed by atoms with E-state index in [9.17, 15) is 10.1 Å². The number of benzene rings is 1. The molecule has 1 aromatic rings. The van der Waals surface area contributed by atoms with Crippen molar-refractivity contribution in [2.24, 2.45) is 22.4 Å². The van der Waals surface area contributed by atoms with Crippen molar-refractivity contribution in [1.29, 1.82) is 5.26 Å². The van der Waals surface area contributed by atoms with Crippen LogP contribution in [0.2, 0.25) is 5.02 Å². The second-order valence-corrected chi connectivity index (χ2v) is 12.6. The molecule has 198 valence electrons. The van der Waals surface area contributed by atoms with Gasteiger partial charge in [0.1, 0.15) is 11.9 Å². The van der Waals surface area contributed by atoms with E-state index < -0.39 is 0 Å². The maximum atomic E-state index is 13.0. The van der Waals surface area contributed by atoms with Gasteiger partial charge >= 0.3 is 0 Å². The molecule has 4 fully saturated rings. The van der Waals surface area contributed by atoms with Crippen LogP contribution in [0.25, 0.3) is 0 Å². The first kappa shape index (κ1) is 25.0. The Morgan fingerprint density at radius 3 is 2.43 bits per heavy atom. The molecule has 5 aliphatic rings. The van der Waals surface area contributed by atoms with Crippen molar-refractivity contribution >= 4 is 29.0 Å². The highest BCUT2D eigenvalue weighted by Crippen LogP contribution is 2.53. The molecule has 0 aromatic heterocycles. The van der Waals surface area contributed by atoms with Crippen molar-refractivity contribution in [3.05, 3.63) is 28.8 Å². The van der Waals surface area contributed by atoms with E-state index >= 15 is 0 Å². The maximum absolute atomic E-state index is 13.0. The molecule has 3 aliphatic heterocycles. The van der Waals surface area contributed by atoms with Crippen LogP contribution in [-0.4, -0.2) is 78.8 Å². The fourth-order valence-electron chi connectivity index (χ4n) is 7.49. The van der Waals surface area contributed by atoms with Gasteiger partial charge in [0.25, 0.3) is 0 Å². The number of nitrogens with zero attached hydrogens (tertiary/aromatic N) is 6. The standard InChI is InChI=1S/C29H39ClN6O/c1-33-12-14-35(15-13-33)28(37)23-18-29(19-23)8-10-34(11-9-29)27-17-26(21-4-2-3-5-21)36(32-27)24-7-6-22(20-31)25(30)16-24/h6-7,16,21,23,26H,2-5,8-15,17-19H2,1H3. The van der Waals surface area contributed by atoms with Gasteiger partial charge in [0.05, 0.1) is 22.3 Å². The summed E-state index contributed by atoms with van der Waals surface area (Å²) in [7, 11) is 2.14. The average molecular weight is 523 g/mol. The van der Waals surface area contributed by atoms with E-state index in [4.69, 9.17) is 16.7 Å². The lowest BCUT2D eigenvalue weighted by atomic mass is 9.57. The molecule has 1 aromatic carbocycles. The van der Waals surface area contributed by atoms with Gasteiger partial charge in [-0.25, -0.2) is 0 Å². The number of piperidine rings is 1. The van der Waals surface area contributed by atoms with Gasteiger partial charge < -0.3 is 14.7 Å². The predicted octanol–water partition coefficient (Wildman–Crippen LogP) is 4.56. The number of carbonyl (C=O) groups is 1. The van der Waals surface area contributed by atoms with Gasteiger partial charge in [-0.15, -0.1) is 0 Å². The minimum Gasteiger partial charge on any atom is -0.359 e. The van der Waals surface area contributed by atoms with Crippen molar-refractivity contribution in [3.8, 4) is 6.07 Å². The van der Waals surface area contributed by atoms with E-state index in [0.717, 1.165) is 77.1 Å². The van der Waals surface area contributed by atoms with Crippen molar-refractivity contribution < 1.29 is 4.79 Å². The Labute approximate surface area is 226 Å². The van der Waals surface area contributed by atoms with Gasteiger partial charge in [0.15, 0.2) is 0 Å². The zero-order valence-electron chi connectivity index (χ0n) is 22.0. The minimum absolute atomic E-state index is 0.238. The summed E-state index contributed by atoms with van der Waals surface area (Å²) in [6.07, 6.45) is 10.6. The Morgan fingerprint density at radius 2 is 1.78 bits per heavy atom. The van der Waals surface area contributed by atoms with Crippen LogP contribution in [0.3, 0.4) is 0 Å². The zero-order chi connectivity index (χ0) is 25.6. The van der Waals surface area contributed by atoms with Gasteiger partial charge in [-0.1, -0.05) is 24.4 Å². The minimum atomic E-state index is 0.238. The fraction of sp³-hybridized carbons (Fsp3) is 0.690. The highest BCUT2D eigenvalue weighted by Gasteiger charge is 2.50. The molecule has 6 rings (SSSR count). The van der Waals surface area contributed by atoms with Crippen molar-refractivity contribution in [1.82, 2.24) is 14.7 Å². The molecule has 0 bridgehead atoms. The first-order valence-electron chi connectivity index (χ1n) is 14.2. The van der Waals surface area contributed by atoms with Crippen LogP contribution in [0.5, 0.6) is 0 Å². The normalized spacial score (nSPS) is 26.9. The smallest absolute Gasteiger partial charge is 0.225 e. The number of amides is 1. The van der Waals surface area contributed by atoms with Crippen LogP contribution in [0.1, 0.15) is 63.4 Å². The van der Waals surface area contributed by atoms with E-state index in [1.54, 1.807) is 0 Å². The number of likely N-dealkylation sites (N-methyl/N-ethyl adjacent to an activating group) is 1. The lowest BCUT2D eigenvalue weighted by Crippen LogP contribution is -2.55. The predicted molar refractivity (Wildman–Crippen MR) is 146 cm³/mol. The van der Waals surface area contributed by atoms with Gasteiger partial charge in [-0.2, -0.15) is 10.4 Å². The third kappa shape index (κ3) is 4.83. The van der Waals surface area contributed by atoms with E-state index in [2.05, 4.69) is 32.8 Å². The number of rotatable bonds is 3. The van der Waals surface area contributed by atoms with Crippen molar-refractivity contribution in [2.45, 2.75) is 63.8 Å². The number of anilines is 1. The number of hydrogen-bond donors (Lipinski definition) is 0. The Bertz CT molecular complexity index is 1080. The number of halogens is 1. The first-order valence-corrected chi connectivity index (χ1v) is 14.6. The highest BCUT2D eigenvalue weighted by molar-refractivity contribution is 6.32. The number of likely N-dealkylation sites (tertiary alicyclic amines) is 1. The first-order chi connectivity index (χ1) is 17.9. The summed E-state index contributed by atoms with van der Waals surface area (Å²) in [5, 5.41) is 17.2. The molecule has 2 saturated carbocycles. The molecule has 37 heavy (non-hydrogen) atoms. The third-order valence-electron chi connectivity index (χ3n) is 9.92. The number of hydrogen-bond acceptors (Lipinski definition) is 6. The lowest BCUT2D eigenvalue weighted by molar-refractivity contribution is -0.147. The van der Waals surface area contributed by atoms with Gasteiger partial charge in [-0.05, 0) is 75.1 Å². The monoisotopic (exact) mass is 522 g/mol. The maximum Gasteiger partial charge on any atom is 0.225 e. The molecule has 1 spiro atoms. The summed E-state index contributed by atoms with van der Waals surface area (Å²) in [6.45, 7) is 5.83. The average Bonchev–Trinajstić information content (AvgIpc) is 3.58. The summed E-state index contributed by atoms with van der Waals surface area (Å²) in [6, 6.07) is 8.26. The van der Waals surface area contributed by atoms with Crippen LogP contribution >= 0.6 is 11.6 Å². The molecule has 8 heteroatoms. The molecule has 1 unspecified atom stereocenters. The second-order valence-electron chi connectivity index (χ2n) is 12.2. The summed E-state index contributed by atoms with van der Waals surface area (Å²) in [4.78, 5) is 19.9. The van der Waals surface area contributed by atoms with Crippen LogP contribution in [0.15, 0.2) is 23.3 Å². The number of nitriles is 1. The molecular formula is C29H39ClN6O. The summed E-state index contributed by atoms with van der Waals surface area (Å²) in [5.41, 5.74) is 1.86. The SMILES string of the molecule is CN1CCN(C(=O)C2CC3(CCN(C4=NN(c5ccc(C#N)c(Cl)c5)C(C5CCCC5)C4)CC3)C2)CC1. The molecular weight excluding hydrogens is 484 g/mol. The third-order valence-corrected chi connectivity index (χ3v) is 10.2. The Balaban J connectivity index is 1.09. The van der Waals surface area contributed by atoms with Crippen LogP contribution in [-0.2, 0) is 4.79 Å². The largest absolute Gasteiger partial charge is 0.359 e. The Hall–Kier alpha value is -2.30. The molecule has 1 amide bonds. The molecule has 0 radical (unpaired) electrons. The molecule has 1 atom stereocenters. The van der Waals surface area contributed by atoms with E-state index in [1.807, 2.05) is 18.2 Å². The summed E-state index contributed by atoms with van der Waals surface area (Å²) in [5.74, 6) is 2.50. The van der Waals surface area contributed by atoms with E-state index in [-0.39, 0.29) is 5.92 Å². The van der Waals surface area contributed by atoms with Crippen LogP contribution < -0.4 is 5.01 Å². The number of piperazine rings is 1. The Morgan fingerprint density at radius 1 is 1.08 bits per heavy atom.